The molecule has 1 atom stereocenters. The largest absolute Gasteiger partial charge is 0.337 e. The van der Waals surface area contributed by atoms with Crippen LogP contribution in [0, 0.1) is 19.8 Å². The average Bonchev–Trinajstić information content (AvgIpc) is 2.35. The van der Waals surface area contributed by atoms with Gasteiger partial charge in [-0.3, -0.25) is 4.90 Å². The average molecular weight is 247 g/mol. The SMILES string of the molecule is Cc1ccc(C)c(N2CC(CCN)CNC2=O)c1. The maximum absolute atomic E-state index is 12.0. The summed E-state index contributed by atoms with van der Waals surface area (Å²) in [6.07, 6.45) is 0.946. The highest BCUT2D eigenvalue weighted by Crippen LogP contribution is 2.24. The zero-order valence-electron chi connectivity index (χ0n) is 11.1. The van der Waals surface area contributed by atoms with E-state index in [1.165, 1.54) is 5.56 Å². The Morgan fingerprint density at radius 3 is 2.94 bits per heavy atom. The van der Waals surface area contributed by atoms with Crippen LogP contribution in [0.15, 0.2) is 18.2 Å². The number of nitrogens with one attached hydrogen (secondary N) is 1. The van der Waals surface area contributed by atoms with Gasteiger partial charge in [0.15, 0.2) is 0 Å². The maximum atomic E-state index is 12.0. The monoisotopic (exact) mass is 247 g/mol. The molecule has 1 aromatic rings. The lowest BCUT2D eigenvalue weighted by Gasteiger charge is -2.34. The number of urea groups is 1. The number of rotatable bonds is 3. The minimum Gasteiger partial charge on any atom is -0.337 e. The molecule has 98 valence electrons. The summed E-state index contributed by atoms with van der Waals surface area (Å²) in [6, 6.07) is 6.19. The van der Waals surface area contributed by atoms with E-state index < -0.39 is 0 Å². The van der Waals surface area contributed by atoms with Crippen molar-refractivity contribution in [2.24, 2.45) is 11.7 Å². The third-order valence-electron chi connectivity index (χ3n) is 3.46. The van der Waals surface area contributed by atoms with Crippen LogP contribution in [-0.4, -0.2) is 25.7 Å². The summed E-state index contributed by atoms with van der Waals surface area (Å²) in [6.45, 7) is 6.24. The summed E-state index contributed by atoms with van der Waals surface area (Å²) in [5, 5.41) is 2.94. The van der Waals surface area contributed by atoms with Crippen molar-refractivity contribution in [1.82, 2.24) is 5.32 Å². The molecule has 1 heterocycles. The van der Waals surface area contributed by atoms with Gasteiger partial charge in [0.25, 0.3) is 0 Å². The van der Waals surface area contributed by atoms with E-state index in [1.807, 2.05) is 18.7 Å². The Hall–Kier alpha value is -1.55. The molecule has 3 N–H and O–H groups in total. The van der Waals surface area contributed by atoms with Crippen LogP contribution in [0.1, 0.15) is 17.5 Å². The van der Waals surface area contributed by atoms with Crippen molar-refractivity contribution in [2.45, 2.75) is 20.3 Å². The van der Waals surface area contributed by atoms with Crippen molar-refractivity contribution in [2.75, 3.05) is 24.5 Å². The molecule has 0 spiro atoms. The van der Waals surface area contributed by atoms with Crippen molar-refractivity contribution < 1.29 is 4.79 Å². The van der Waals surface area contributed by atoms with Gasteiger partial charge in [-0.2, -0.15) is 0 Å². The smallest absolute Gasteiger partial charge is 0.321 e. The molecule has 18 heavy (non-hydrogen) atoms. The number of anilines is 1. The van der Waals surface area contributed by atoms with Gasteiger partial charge in [0.05, 0.1) is 0 Å². The van der Waals surface area contributed by atoms with Crippen LogP contribution in [0.25, 0.3) is 0 Å². The Labute approximate surface area is 108 Å². The van der Waals surface area contributed by atoms with Gasteiger partial charge >= 0.3 is 6.03 Å². The minimum absolute atomic E-state index is 0.00280. The van der Waals surface area contributed by atoms with Crippen molar-refractivity contribution in [3.63, 3.8) is 0 Å². The lowest BCUT2D eigenvalue weighted by molar-refractivity contribution is 0.236. The fourth-order valence-corrected chi connectivity index (χ4v) is 2.38. The number of hydrogen-bond acceptors (Lipinski definition) is 2. The zero-order chi connectivity index (χ0) is 13.1. The first-order valence-electron chi connectivity index (χ1n) is 6.44. The highest BCUT2D eigenvalue weighted by atomic mass is 16.2. The van der Waals surface area contributed by atoms with Crippen LogP contribution in [-0.2, 0) is 0 Å². The molecule has 0 bridgehead atoms. The van der Waals surface area contributed by atoms with Crippen LogP contribution in [0.5, 0.6) is 0 Å². The minimum atomic E-state index is -0.00280. The lowest BCUT2D eigenvalue weighted by Crippen LogP contribution is -2.51. The molecule has 2 amide bonds. The van der Waals surface area contributed by atoms with E-state index in [0.717, 1.165) is 30.8 Å². The van der Waals surface area contributed by atoms with Gasteiger partial charge in [0, 0.05) is 18.8 Å². The Kier molecular flexibility index (Phi) is 3.87. The molecule has 0 aromatic heterocycles. The number of benzene rings is 1. The van der Waals surface area contributed by atoms with E-state index in [9.17, 15) is 4.79 Å². The van der Waals surface area contributed by atoms with Gasteiger partial charge in [0.1, 0.15) is 0 Å². The van der Waals surface area contributed by atoms with E-state index in [-0.39, 0.29) is 6.03 Å². The summed E-state index contributed by atoms with van der Waals surface area (Å²) < 4.78 is 0. The Morgan fingerprint density at radius 2 is 2.22 bits per heavy atom. The molecule has 0 aliphatic carbocycles. The Morgan fingerprint density at radius 1 is 1.44 bits per heavy atom. The molecular weight excluding hydrogens is 226 g/mol. The Balaban J connectivity index is 2.24. The molecule has 1 aliphatic rings. The number of hydrogen-bond donors (Lipinski definition) is 2. The molecule has 1 aromatic carbocycles. The molecular formula is C14H21N3O. The Bertz CT molecular complexity index is 445. The molecule has 0 radical (unpaired) electrons. The van der Waals surface area contributed by atoms with Crippen LogP contribution in [0.2, 0.25) is 0 Å². The number of nitrogens with two attached hydrogens (primary N) is 1. The molecule has 0 saturated carbocycles. The zero-order valence-corrected chi connectivity index (χ0v) is 11.1. The van der Waals surface area contributed by atoms with Gasteiger partial charge in [-0.1, -0.05) is 12.1 Å². The van der Waals surface area contributed by atoms with Crippen LogP contribution in [0.3, 0.4) is 0 Å². The fraction of sp³-hybridized carbons (Fsp3) is 0.500. The summed E-state index contributed by atoms with van der Waals surface area (Å²) in [7, 11) is 0. The summed E-state index contributed by atoms with van der Waals surface area (Å²) in [5.41, 5.74) is 8.91. The molecule has 4 nitrogen and oxygen atoms in total. The van der Waals surface area contributed by atoms with Gasteiger partial charge in [0.2, 0.25) is 0 Å². The first-order valence-corrected chi connectivity index (χ1v) is 6.44. The number of amides is 2. The molecule has 1 aliphatic heterocycles. The van der Waals surface area contributed by atoms with E-state index in [0.29, 0.717) is 12.5 Å². The lowest BCUT2D eigenvalue weighted by atomic mass is 10.0. The standard InChI is InChI=1S/C14H21N3O/c1-10-3-4-11(2)13(7-10)17-9-12(5-6-15)8-16-14(17)18/h3-4,7,12H,5-6,8-9,15H2,1-2H3,(H,16,18). The highest BCUT2D eigenvalue weighted by molar-refractivity contribution is 5.93. The number of carbonyl (C=O) groups excluding carboxylic acids is 1. The summed E-state index contributed by atoms with van der Waals surface area (Å²) in [4.78, 5) is 13.8. The van der Waals surface area contributed by atoms with E-state index in [1.54, 1.807) is 0 Å². The first kappa shape index (κ1) is 12.9. The molecule has 2 rings (SSSR count). The van der Waals surface area contributed by atoms with Crippen molar-refractivity contribution in [3.8, 4) is 0 Å². The van der Waals surface area contributed by atoms with Gasteiger partial charge in [-0.25, -0.2) is 4.79 Å². The van der Waals surface area contributed by atoms with Crippen LogP contribution >= 0.6 is 0 Å². The van der Waals surface area contributed by atoms with Gasteiger partial charge < -0.3 is 11.1 Å². The first-order chi connectivity index (χ1) is 8.61. The molecule has 4 heteroatoms. The van der Waals surface area contributed by atoms with Crippen molar-refractivity contribution in [3.05, 3.63) is 29.3 Å². The summed E-state index contributed by atoms with van der Waals surface area (Å²) in [5.74, 6) is 0.438. The van der Waals surface area contributed by atoms with Gasteiger partial charge in [-0.05, 0) is 49.9 Å². The van der Waals surface area contributed by atoms with Crippen molar-refractivity contribution >= 4 is 11.7 Å². The predicted octanol–water partition coefficient (Wildman–Crippen LogP) is 1.80. The maximum Gasteiger partial charge on any atom is 0.321 e. The highest BCUT2D eigenvalue weighted by Gasteiger charge is 2.26. The predicted molar refractivity (Wildman–Crippen MR) is 73.8 cm³/mol. The van der Waals surface area contributed by atoms with Crippen LogP contribution in [0.4, 0.5) is 10.5 Å². The second-order valence-corrected chi connectivity index (χ2v) is 5.03. The van der Waals surface area contributed by atoms with Gasteiger partial charge in [-0.15, -0.1) is 0 Å². The van der Waals surface area contributed by atoms with Crippen LogP contribution < -0.4 is 16.0 Å². The van der Waals surface area contributed by atoms with Crippen molar-refractivity contribution in [1.29, 1.82) is 0 Å². The van der Waals surface area contributed by atoms with E-state index in [4.69, 9.17) is 5.73 Å². The second kappa shape index (κ2) is 5.40. The third kappa shape index (κ3) is 2.64. The second-order valence-electron chi connectivity index (χ2n) is 5.03. The third-order valence-corrected chi connectivity index (χ3v) is 3.46. The molecule has 1 unspecified atom stereocenters. The fourth-order valence-electron chi connectivity index (χ4n) is 2.38. The number of nitrogens with zero attached hydrogens (tertiary/aromatic N) is 1. The quantitative estimate of drug-likeness (QED) is 0.855. The topological polar surface area (TPSA) is 58.4 Å². The van der Waals surface area contributed by atoms with E-state index >= 15 is 0 Å². The summed E-state index contributed by atoms with van der Waals surface area (Å²) >= 11 is 0. The van der Waals surface area contributed by atoms with E-state index in [2.05, 4.69) is 23.5 Å². The molecule has 1 fully saturated rings. The normalized spacial score (nSPS) is 19.8. The molecule has 1 saturated heterocycles. The number of carbonyl (C=O) groups is 1. The number of aryl methyl sites for hydroxylation is 2.